The Morgan fingerprint density at radius 3 is 2.61 bits per heavy atom. The number of nitrogens with zero attached hydrogens (tertiary/aromatic N) is 2. The van der Waals surface area contributed by atoms with Crippen LogP contribution >= 0.6 is 11.3 Å². The van der Waals surface area contributed by atoms with Crippen LogP contribution in [0.2, 0.25) is 0 Å². The summed E-state index contributed by atoms with van der Waals surface area (Å²) in [7, 11) is 0. The third kappa shape index (κ3) is 4.65. The number of amides is 1. The Balaban J connectivity index is 2.09. The summed E-state index contributed by atoms with van der Waals surface area (Å²) in [6.45, 7) is 0. The molecule has 1 heterocycles. The Kier molecular flexibility index (Phi) is 5.19. The third-order valence-corrected chi connectivity index (χ3v) is 3.78. The first-order valence-electron chi connectivity index (χ1n) is 6.58. The van der Waals surface area contributed by atoms with E-state index >= 15 is 0 Å². The number of alkyl halides is 3. The summed E-state index contributed by atoms with van der Waals surface area (Å²) in [5.41, 5.74) is -0.710. The minimum atomic E-state index is -5.05. The summed E-state index contributed by atoms with van der Waals surface area (Å²) in [5, 5.41) is 15.0. The zero-order valence-corrected chi connectivity index (χ0v) is 12.4. The number of carbonyl (C=O) groups excluding carboxylic acids is 1. The van der Waals surface area contributed by atoms with Crippen molar-refractivity contribution >= 4 is 34.1 Å². The van der Waals surface area contributed by atoms with Crippen molar-refractivity contribution in [1.82, 2.24) is 4.98 Å². The summed E-state index contributed by atoms with van der Waals surface area (Å²) >= 11 is 0.655. The molecule has 1 aromatic rings. The molecule has 1 aliphatic rings. The Morgan fingerprint density at radius 1 is 1.39 bits per heavy atom. The zero-order valence-electron chi connectivity index (χ0n) is 11.6. The second-order valence-electron chi connectivity index (χ2n) is 4.75. The van der Waals surface area contributed by atoms with Gasteiger partial charge in [-0.05, 0) is 25.7 Å². The number of oxime groups is 1. The van der Waals surface area contributed by atoms with E-state index in [-0.39, 0.29) is 16.9 Å². The standard InChI is InChI=1S/C12H12F3N3O4S/c13-12(14,15)10(21)17-11-16-7(5-23-11)8(9(19)20)18-22-6-3-1-2-4-6/h5-6H,1-4H2,(H,19,20)(H,16,17,21)/b18-8-. The average molecular weight is 351 g/mol. The van der Waals surface area contributed by atoms with Crippen molar-refractivity contribution in [3.05, 3.63) is 11.1 Å². The summed E-state index contributed by atoms with van der Waals surface area (Å²) in [5.74, 6) is -3.61. The average Bonchev–Trinajstić information content (AvgIpc) is 3.09. The lowest BCUT2D eigenvalue weighted by Gasteiger charge is -2.07. The highest BCUT2D eigenvalue weighted by molar-refractivity contribution is 7.14. The molecule has 2 rings (SSSR count). The normalized spacial score (nSPS) is 16.4. The molecule has 7 nitrogen and oxygen atoms in total. The Labute approximate surface area is 132 Å². The first-order valence-corrected chi connectivity index (χ1v) is 7.46. The summed E-state index contributed by atoms with van der Waals surface area (Å²) < 4.78 is 36.4. The minimum Gasteiger partial charge on any atom is -0.476 e. The predicted octanol–water partition coefficient (Wildman–Crippen LogP) is 2.39. The molecule has 2 N–H and O–H groups in total. The van der Waals surface area contributed by atoms with Crippen molar-refractivity contribution in [3.8, 4) is 0 Å². The number of carbonyl (C=O) groups is 2. The lowest BCUT2D eigenvalue weighted by molar-refractivity contribution is -0.167. The van der Waals surface area contributed by atoms with Gasteiger partial charge in [0.25, 0.3) is 0 Å². The van der Waals surface area contributed by atoms with Gasteiger partial charge in [-0.15, -0.1) is 11.3 Å². The number of carboxylic acid groups (broad SMARTS) is 1. The van der Waals surface area contributed by atoms with E-state index < -0.39 is 23.8 Å². The Morgan fingerprint density at radius 2 is 2.04 bits per heavy atom. The van der Waals surface area contributed by atoms with Gasteiger partial charge < -0.3 is 9.94 Å². The predicted molar refractivity (Wildman–Crippen MR) is 74.3 cm³/mol. The molecule has 1 amide bonds. The van der Waals surface area contributed by atoms with Gasteiger partial charge >= 0.3 is 18.1 Å². The second-order valence-corrected chi connectivity index (χ2v) is 5.60. The Hall–Kier alpha value is -2.17. The van der Waals surface area contributed by atoms with Crippen LogP contribution in [0.5, 0.6) is 0 Å². The van der Waals surface area contributed by atoms with Gasteiger partial charge in [0.15, 0.2) is 5.13 Å². The van der Waals surface area contributed by atoms with E-state index in [0.29, 0.717) is 11.3 Å². The molecule has 0 radical (unpaired) electrons. The molecule has 1 aromatic heterocycles. The van der Waals surface area contributed by atoms with Gasteiger partial charge in [-0.25, -0.2) is 9.78 Å². The highest BCUT2D eigenvalue weighted by Crippen LogP contribution is 2.23. The SMILES string of the molecule is O=C(O)/C(=N\OC1CCCC1)c1csc(NC(=O)C(F)(F)F)n1. The summed E-state index contributed by atoms with van der Waals surface area (Å²) in [4.78, 5) is 30.7. The fourth-order valence-electron chi connectivity index (χ4n) is 1.92. The maximum absolute atomic E-state index is 12.1. The number of nitrogens with one attached hydrogen (secondary N) is 1. The fourth-order valence-corrected chi connectivity index (χ4v) is 2.61. The van der Waals surface area contributed by atoms with Crippen LogP contribution in [0.1, 0.15) is 31.4 Å². The van der Waals surface area contributed by atoms with E-state index in [4.69, 9.17) is 9.94 Å². The van der Waals surface area contributed by atoms with E-state index in [1.165, 1.54) is 5.38 Å². The fraction of sp³-hybridized carbons (Fsp3) is 0.500. The molecular formula is C12H12F3N3O4S. The first-order chi connectivity index (χ1) is 10.8. The molecule has 0 aliphatic heterocycles. The molecule has 1 fully saturated rings. The topological polar surface area (TPSA) is 101 Å². The number of anilines is 1. The van der Waals surface area contributed by atoms with Crippen LogP contribution < -0.4 is 5.32 Å². The maximum atomic E-state index is 12.1. The molecule has 11 heteroatoms. The molecule has 0 unspecified atom stereocenters. The van der Waals surface area contributed by atoms with Gasteiger partial charge in [0.05, 0.1) is 0 Å². The number of thiazole rings is 1. The van der Waals surface area contributed by atoms with Gasteiger partial charge in [0.2, 0.25) is 5.71 Å². The van der Waals surface area contributed by atoms with E-state index in [0.717, 1.165) is 25.7 Å². The number of rotatable bonds is 5. The molecule has 1 saturated carbocycles. The van der Waals surface area contributed by atoms with Crippen molar-refractivity contribution in [2.45, 2.75) is 38.0 Å². The molecule has 0 spiro atoms. The van der Waals surface area contributed by atoms with Crippen molar-refractivity contribution in [2.24, 2.45) is 5.16 Å². The van der Waals surface area contributed by atoms with Crippen LogP contribution in [0, 0.1) is 0 Å². The molecule has 0 saturated heterocycles. The van der Waals surface area contributed by atoms with Gasteiger partial charge in [-0.1, -0.05) is 5.16 Å². The van der Waals surface area contributed by atoms with Crippen molar-refractivity contribution in [3.63, 3.8) is 0 Å². The highest BCUT2D eigenvalue weighted by atomic mass is 32.1. The van der Waals surface area contributed by atoms with Crippen LogP contribution in [0.4, 0.5) is 18.3 Å². The molecule has 1 aliphatic carbocycles. The monoisotopic (exact) mass is 351 g/mol. The van der Waals surface area contributed by atoms with E-state index in [1.807, 2.05) is 0 Å². The zero-order chi connectivity index (χ0) is 17.0. The number of halogens is 3. The molecule has 0 bridgehead atoms. The molecule has 126 valence electrons. The Bertz CT molecular complexity index is 623. The molecular weight excluding hydrogens is 339 g/mol. The number of aliphatic carboxylic acids is 1. The second kappa shape index (κ2) is 6.94. The highest BCUT2D eigenvalue weighted by Gasteiger charge is 2.39. The number of hydrogen-bond donors (Lipinski definition) is 2. The molecule has 23 heavy (non-hydrogen) atoms. The van der Waals surface area contributed by atoms with Gasteiger partial charge in [0, 0.05) is 5.38 Å². The van der Waals surface area contributed by atoms with Crippen molar-refractivity contribution < 1.29 is 32.7 Å². The van der Waals surface area contributed by atoms with Crippen LogP contribution in [-0.2, 0) is 14.4 Å². The van der Waals surface area contributed by atoms with Crippen molar-refractivity contribution in [2.75, 3.05) is 5.32 Å². The number of aromatic nitrogens is 1. The minimum absolute atomic E-state index is 0.174. The van der Waals surface area contributed by atoms with Gasteiger partial charge in [-0.3, -0.25) is 10.1 Å². The number of carboxylic acids is 1. The van der Waals surface area contributed by atoms with Gasteiger partial charge in [0.1, 0.15) is 11.8 Å². The smallest absolute Gasteiger partial charge is 0.471 e. The van der Waals surface area contributed by atoms with Crippen LogP contribution in [0.3, 0.4) is 0 Å². The van der Waals surface area contributed by atoms with Crippen molar-refractivity contribution in [1.29, 1.82) is 0 Å². The van der Waals surface area contributed by atoms with E-state index in [9.17, 15) is 22.8 Å². The maximum Gasteiger partial charge on any atom is 0.471 e. The van der Waals surface area contributed by atoms with Crippen LogP contribution in [0.25, 0.3) is 0 Å². The largest absolute Gasteiger partial charge is 0.476 e. The number of hydrogen-bond acceptors (Lipinski definition) is 6. The van der Waals surface area contributed by atoms with E-state index in [2.05, 4.69) is 10.1 Å². The molecule has 0 aromatic carbocycles. The lowest BCUT2D eigenvalue weighted by atomic mass is 10.3. The first kappa shape index (κ1) is 17.2. The van der Waals surface area contributed by atoms with Crippen LogP contribution in [-0.4, -0.2) is 40.0 Å². The van der Waals surface area contributed by atoms with Gasteiger partial charge in [-0.2, -0.15) is 13.2 Å². The summed E-state index contributed by atoms with van der Waals surface area (Å²) in [6.07, 6.45) is -1.77. The lowest BCUT2D eigenvalue weighted by Crippen LogP contribution is -2.29. The summed E-state index contributed by atoms with van der Waals surface area (Å²) in [6, 6.07) is 0. The quantitative estimate of drug-likeness (QED) is 0.627. The van der Waals surface area contributed by atoms with E-state index in [1.54, 1.807) is 5.32 Å². The third-order valence-electron chi connectivity index (χ3n) is 3.02. The molecule has 0 atom stereocenters. The van der Waals surface area contributed by atoms with Crippen LogP contribution in [0.15, 0.2) is 10.5 Å².